The van der Waals surface area contributed by atoms with Gasteiger partial charge in [-0.2, -0.15) is 0 Å². The summed E-state index contributed by atoms with van der Waals surface area (Å²) in [5, 5.41) is 3.32. The van der Waals surface area contributed by atoms with Gasteiger partial charge < -0.3 is 5.32 Å². The van der Waals surface area contributed by atoms with E-state index in [1.165, 1.54) is 17.0 Å². The van der Waals surface area contributed by atoms with E-state index in [1.54, 1.807) is 23.9 Å². The molecule has 0 aliphatic heterocycles. The van der Waals surface area contributed by atoms with E-state index in [-0.39, 0.29) is 5.82 Å². The molecule has 0 radical (unpaired) electrons. The zero-order valence-corrected chi connectivity index (χ0v) is 10.4. The third kappa shape index (κ3) is 3.49. The molecule has 0 heterocycles. The van der Waals surface area contributed by atoms with Crippen LogP contribution in [0, 0.1) is 5.82 Å². The Balaban J connectivity index is 1.99. The summed E-state index contributed by atoms with van der Waals surface area (Å²) >= 11 is 1.72. The molecule has 0 saturated heterocycles. The molecule has 0 aliphatic carbocycles. The lowest BCUT2D eigenvalue weighted by molar-refractivity contribution is 0.627. The molecule has 0 unspecified atom stereocenters. The number of hydrogen-bond acceptors (Lipinski definition) is 2. The Morgan fingerprint density at radius 3 is 2.59 bits per heavy atom. The number of anilines is 1. The average molecular weight is 247 g/mol. The molecule has 0 aliphatic rings. The Morgan fingerprint density at radius 2 is 1.88 bits per heavy atom. The third-order valence-electron chi connectivity index (χ3n) is 2.48. The van der Waals surface area contributed by atoms with E-state index in [1.807, 2.05) is 12.1 Å². The first-order chi connectivity index (χ1) is 8.28. The van der Waals surface area contributed by atoms with E-state index < -0.39 is 0 Å². The van der Waals surface area contributed by atoms with Gasteiger partial charge in [-0.15, -0.1) is 11.8 Å². The van der Waals surface area contributed by atoms with Gasteiger partial charge in [0, 0.05) is 17.1 Å². The summed E-state index contributed by atoms with van der Waals surface area (Å²) < 4.78 is 12.7. The summed E-state index contributed by atoms with van der Waals surface area (Å²) in [5.74, 6) is -0.196. The van der Waals surface area contributed by atoms with Crippen molar-refractivity contribution >= 4 is 17.4 Å². The van der Waals surface area contributed by atoms with Crippen molar-refractivity contribution in [2.24, 2.45) is 0 Å². The molecule has 2 aromatic rings. The number of benzene rings is 2. The van der Waals surface area contributed by atoms with Crippen molar-refractivity contribution in [1.82, 2.24) is 0 Å². The standard InChI is InChI=1S/C14H14FNS/c1-17-14-4-2-3-13(9-14)16-10-11-5-7-12(15)8-6-11/h2-9,16H,10H2,1H3. The summed E-state index contributed by atoms with van der Waals surface area (Å²) in [6.45, 7) is 0.706. The van der Waals surface area contributed by atoms with E-state index in [4.69, 9.17) is 0 Å². The zero-order chi connectivity index (χ0) is 12.1. The SMILES string of the molecule is CSc1cccc(NCc2ccc(F)cc2)c1. The summed E-state index contributed by atoms with van der Waals surface area (Å²) in [5.41, 5.74) is 2.15. The van der Waals surface area contributed by atoms with Crippen LogP contribution < -0.4 is 5.32 Å². The summed E-state index contributed by atoms with van der Waals surface area (Å²) in [6.07, 6.45) is 2.05. The first-order valence-electron chi connectivity index (χ1n) is 5.40. The lowest BCUT2D eigenvalue weighted by Crippen LogP contribution is -1.99. The Morgan fingerprint density at radius 1 is 1.12 bits per heavy atom. The Labute approximate surface area is 105 Å². The zero-order valence-electron chi connectivity index (χ0n) is 9.61. The minimum atomic E-state index is -0.196. The molecule has 1 nitrogen and oxygen atoms in total. The van der Waals surface area contributed by atoms with Crippen LogP contribution >= 0.6 is 11.8 Å². The van der Waals surface area contributed by atoms with Gasteiger partial charge >= 0.3 is 0 Å². The number of thioether (sulfide) groups is 1. The van der Waals surface area contributed by atoms with Gasteiger partial charge in [0.1, 0.15) is 5.82 Å². The fourth-order valence-electron chi connectivity index (χ4n) is 1.54. The van der Waals surface area contributed by atoms with Crippen LogP contribution in [0.3, 0.4) is 0 Å². The van der Waals surface area contributed by atoms with Crippen LogP contribution in [0.2, 0.25) is 0 Å². The van der Waals surface area contributed by atoms with E-state index in [0.29, 0.717) is 6.54 Å². The van der Waals surface area contributed by atoms with Gasteiger partial charge in [-0.25, -0.2) is 4.39 Å². The molecule has 0 atom stereocenters. The maximum Gasteiger partial charge on any atom is 0.123 e. The lowest BCUT2D eigenvalue weighted by Gasteiger charge is -2.07. The molecule has 0 amide bonds. The highest BCUT2D eigenvalue weighted by Gasteiger charge is 1.96. The monoisotopic (exact) mass is 247 g/mol. The quantitative estimate of drug-likeness (QED) is 0.814. The third-order valence-corrected chi connectivity index (χ3v) is 3.20. The second-order valence-corrected chi connectivity index (χ2v) is 4.59. The van der Waals surface area contributed by atoms with Gasteiger partial charge in [0.15, 0.2) is 0 Å². The van der Waals surface area contributed by atoms with Crippen molar-refractivity contribution < 1.29 is 4.39 Å². The first kappa shape index (κ1) is 12.0. The van der Waals surface area contributed by atoms with Crippen LogP contribution in [0.25, 0.3) is 0 Å². The maximum absolute atomic E-state index is 12.7. The Bertz CT molecular complexity index is 482. The van der Waals surface area contributed by atoms with Crippen LogP contribution in [0.15, 0.2) is 53.4 Å². The molecular formula is C14H14FNS. The summed E-state index contributed by atoms with van der Waals surface area (Å²) in [4.78, 5) is 1.23. The largest absolute Gasteiger partial charge is 0.381 e. The molecule has 2 rings (SSSR count). The first-order valence-corrected chi connectivity index (χ1v) is 6.63. The molecule has 3 heteroatoms. The highest BCUT2D eigenvalue weighted by molar-refractivity contribution is 7.98. The Hall–Kier alpha value is -1.48. The van der Waals surface area contributed by atoms with Gasteiger partial charge in [0.2, 0.25) is 0 Å². The fourth-order valence-corrected chi connectivity index (χ4v) is 2.00. The molecule has 0 fully saturated rings. The van der Waals surface area contributed by atoms with Crippen molar-refractivity contribution in [2.45, 2.75) is 11.4 Å². The Kier molecular flexibility index (Phi) is 4.04. The summed E-state index contributed by atoms with van der Waals surface area (Å²) in [6, 6.07) is 14.8. The van der Waals surface area contributed by atoms with Crippen LogP contribution in [0.4, 0.5) is 10.1 Å². The van der Waals surface area contributed by atoms with Gasteiger partial charge in [0.05, 0.1) is 0 Å². The van der Waals surface area contributed by atoms with Crippen LogP contribution in [0.5, 0.6) is 0 Å². The van der Waals surface area contributed by atoms with E-state index in [2.05, 4.69) is 23.7 Å². The second-order valence-electron chi connectivity index (χ2n) is 3.71. The van der Waals surface area contributed by atoms with Crippen molar-refractivity contribution in [3.8, 4) is 0 Å². The minimum absolute atomic E-state index is 0.196. The smallest absolute Gasteiger partial charge is 0.123 e. The van der Waals surface area contributed by atoms with E-state index in [9.17, 15) is 4.39 Å². The number of halogens is 1. The van der Waals surface area contributed by atoms with Crippen LogP contribution in [-0.4, -0.2) is 6.26 Å². The van der Waals surface area contributed by atoms with Gasteiger partial charge in [-0.1, -0.05) is 18.2 Å². The van der Waals surface area contributed by atoms with E-state index in [0.717, 1.165) is 11.3 Å². The average Bonchev–Trinajstić information content (AvgIpc) is 2.38. The minimum Gasteiger partial charge on any atom is -0.381 e. The molecule has 0 spiro atoms. The highest BCUT2D eigenvalue weighted by atomic mass is 32.2. The molecule has 88 valence electrons. The molecule has 2 aromatic carbocycles. The predicted molar refractivity (Wildman–Crippen MR) is 71.9 cm³/mol. The number of nitrogens with one attached hydrogen (secondary N) is 1. The van der Waals surface area contributed by atoms with Gasteiger partial charge in [-0.05, 0) is 42.2 Å². The molecule has 0 saturated carbocycles. The normalized spacial score (nSPS) is 10.2. The molecule has 0 aromatic heterocycles. The fraction of sp³-hybridized carbons (Fsp3) is 0.143. The van der Waals surface area contributed by atoms with E-state index >= 15 is 0 Å². The van der Waals surface area contributed by atoms with Crippen LogP contribution in [-0.2, 0) is 6.54 Å². The predicted octanol–water partition coefficient (Wildman–Crippen LogP) is 4.16. The lowest BCUT2D eigenvalue weighted by atomic mass is 10.2. The number of hydrogen-bond donors (Lipinski definition) is 1. The van der Waals surface area contributed by atoms with Crippen molar-refractivity contribution in [3.63, 3.8) is 0 Å². The molecular weight excluding hydrogens is 233 g/mol. The van der Waals surface area contributed by atoms with Crippen molar-refractivity contribution in [1.29, 1.82) is 0 Å². The molecule has 0 bridgehead atoms. The van der Waals surface area contributed by atoms with Gasteiger partial charge in [-0.3, -0.25) is 0 Å². The van der Waals surface area contributed by atoms with Crippen molar-refractivity contribution in [2.75, 3.05) is 11.6 Å². The highest BCUT2D eigenvalue weighted by Crippen LogP contribution is 2.19. The number of rotatable bonds is 4. The van der Waals surface area contributed by atoms with Gasteiger partial charge in [0.25, 0.3) is 0 Å². The maximum atomic E-state index is 12.7. The summed E-state index contributed by atoms with van der Waals surface area (Å²) in [7, 11) is 0. The van der Waals surface area contributed by atoms with Crippen molar-refractivity contribution in [3.05, 3.63) is 59.9 Å². The second kappa shape index (κ2) is 5.73. The molecule has 1 N–H and O–H groups in total. The molecule has 17 heavy (non-hydrogen) atoms. The topological polar surface area (TPSA) is 12.0 Å². The van der Waals surface area contributed by atoms with Crippen LogP contribution in [0.1, 0.15) is 5.56 Å².